The van der Waals surface area contributed by atoms with Crippen molar-refractivity contribution in [2.24, 2.45) is 34.3 Å². The monoisotopic (exact) mass is 904 g/mol. The summed E-state index contributed by atoms with van der Waals surface area (Å²) in [6.07, 6.45) is 8.43. The number of nitrogens with zero attached hydrogens (tertiary/aromatic N) is 3. The van der Waals surface area contributed by atoms with Crippen LogP contribution in [0.2, 0.25) is 0 Å². The molecule has 8 rings (SSSR count). The summed E-state index contributed by atoms with van der Waals surface area (Å²) in [6.45, 7) is 4.79. The van der Waals surface area contributed by atoms with Crippen LogP contribution in [0.1, 0.15) is 95.0 Å². The number of allylic oxidation sites excluding steroid dienone is 4. The number of aromatic nitrogens is 1. The highest BCUT2D eigenvalue weighted by Crippen LogP contribution is 2.67. The second-order valence-electron chi connectivity index (χ2n) is 19.3. The number of ether oxygens (including phenoxy) is 3. The number of pyridine rings is 1. The molecule has 6 aliphatic rings. The van der Waals surface area contributed by atoms with Crippen molar-refractivity contribution in [1.82, 2.24) is 9.47 Å². The van der Waals surface area contributed by atoms with Gasteiger partial charge in [-0.15, -0.1) is 0 Å². The van der Waals surface area contributed by atoms with Gasteiger partial charge >= 0.3 is 17.9 Å². The van der Waals surface area contributed by atoms with Gasteiger partial charge < -0.3 is 49.6 Å². The number of amides is 1. The molecule has 350 valence electrons. The number of hydrogen-bond acceptors (Lipinski definition) is 14. The first-order chi connectivity index (χ1) is 30.7. The van der Waals surface area contributed by atoms with Gasteiger partial charge in [0, 0.05) is 54.7 Å². The predicted octanol–water partition coefficient (Wildman–Crippen LogP) is 2.99. The minimum absolute atomic E-state index is 0.00257. The van der Waals surface area contributed by atoms with E-state index < -0.39 is 107 Å². The predicted molar refractivity (Wildman–Crippen MR) is 230 cm³/mol. The lowest BCUT2D eigenvalue weighted by molar-refractivity contribution is -0.181. The van der Waals surface area contributed by atoms with Crippen LogP contribution in [0.15, 0.2) is 40.9 Å². The lowest BCUT2D eigenvalue weighted by Gasteiger charge is -2.59. The van der Waals surface area contributed by atoms with Gasteiger partial charge in [0.15, 0.2) is 24.0 Å². The van der Waals surface area contributed by atoms with Gasteiger partial charge in [-0.3, -0.25) is 28.8 Å². The smallest absolute Gasteiger partial charge is 0.341 e. The third kappa shape index (κ3) is 7.84. The molecule has 1 aliphatic heterocycles. The molecule has 3 unspecified atom stereocenters. The number of methoxy groups -OCH3 is 1. The number of Topliss-reactive ketones (excluding diaryl/α,β-unsaturated/α-hetero) is 1. The Hall–Kier alpha value is -5.46. The summed E-state index contributed by atoms with van der Waals surface area (Å²) in [6, 6.07) is -0.810. The van der Waals surface area contributed by atoms with Crippen LogP contribution in [0, 0.1) is 34.4 Å². The van der Waals surface area contributed by atoms with Crippen molar-refractivity contribution in [2.75, 3.05) is 44.9 Å². The average molecular weight is 905 g/mol. The molecule has 0 radical (unpaired) electrons. The number of hydrogen-bond donors (Lipinski definition) is 4. The Bertz CT molecular complexity index is 2480. The van der Waals surface area contributed by atoms with Crippen molar-refractivity contribution in [2.45, 2.75) is 108 Å². The normalized spacial score (nSPS) is 31.0. The largest absolute Gasteiger partial charge is 0.492 e. The standard InChI is InChI=1S/C47H57FN4O13/c1-24-20-50(40-32(48)18-29-39(42(40)63-4)52(26-6-7-26)21-30(41(29)58)44(60)61)15-16-51(24)43(59)33(49)22-64-36(56)9-10-37(57)65-23-35(55)47(62)14-12-31-28-8-5-25-17-27(53)11-13-45(25,2)38(28)34(54)19-46(31,47)3/h11,13,17-18,21,24,26,28,31,33-34,38,54,62H,5-10,12,14-16,19-20,22-23,49H2,1-4H3,(H,60,61)/t24?,28?,31-,33?,34-,38+,45-,46-,47-/m0/s1. The van der Waals surface area contributed by atoms with Gasteiger partial charge in [-0.2, -0.15) is 0 Å². The van der Waals surface area contributed by atoms with Crippen LogP contribution in [-0.2, 0) is 33.4 Å². The first-order valence-electron chi connectivity index (χ1n) is 22.4. The topological polar surface area (TPSA) is 245 Å². The van der Waals surface area contributed by atoms with Crippen LogP contribution < -0.4 is 20.8 Å². The van der Waals surface area contributed by atoms with Crippen molar-refractivity contribution < 1.29 is 62.7 Å². The van der Waals surface area contributed by atoms with Crippen LogP contribution in [0.3, 0.4) is 0 Å². The molecule has 1 amide bonds. The van der Waals surface area contributed by atoms with E-state index in [1.165, 1.54) is 18.2 Å². The van der Waals surface area contributed by atoms with Gasteiger partial charge in [0.05, 0.1) is 37.0 Å². The molecule has 1 aromatic carbocycles. The summed E-state index contributed by atoms with van der Waals surface area (Å²) in [4.78, 5) is 92.8. The number of aliphatic hydroxyl groups excluding tert-OH is 1. The molecule has 1 aromatic heterocycles. The maximum Gasteiger partial charge on any atom is 0.341 e. The van der Waals surface area contributed by atoms with Crippen LogP contribution in [-0.4, -0.2) is 124 Å². The van der Waals surface area contributed by atoms with E-state index in [1.807, 2.05) is 19.9 Å². The first-order valence-corrected chi connectivity index (χ1v) is 22.4. The molecule has 0 spiro atoms. The van der Waals surface area contributed by atoms with Crippen molar-refractivity contribution in [3.05, 3.63) is 57.7 Å². The fraction of sp³-hybridized carbons (Fsp3) is 0.596. The number of halogens is 1. The summed E-state index contributed by atoms with van der Waals surface area (Å²) in [5, 5.41) is 33.1. The van der Waals surface area contributed by atoms with E-state index in [0.29, 0.717) is 19.3 Å². The summed E-state index contributed by atoms with van der Waals surface area (Å²) < 4.78 is 33.7. The van der Waals surface area contributed by atoms with Crippen LogP contribution in [0.4, 0.5) is 10.1 Å². The number of anilines is 1. The van der Waals surface area contributed by atoms with E-state index in [4.69, 9.17) is 19.9 Å². The highest BCUT2D eigenvalue weighted by atomic mass is 19.1. The number of esters is 2. The molecule has 5 aliphatic carbocycles. The SMILES string of the molecule is COc1c(N2CCN(C(=O)C(N)COC(=O)CCC(=O)OCC(=O)[C@@]3(O)CC[C@H]4C5CCC6=CC(=O)C=C[C@]6(C)[C@H]5[C@@H](O)C[C@@]43C)C(C)C2)c(F)cc2c(=O)c(C(=O)O)cn(C3CC3)c12. The number of benzene rings is 1. The number of rotatable bonds is 13. The Balaban J connectivity index is 0.814. The van der Waals surface area contributed by atoms with Gasteiger partial charge in [-0.05, 0) is 81.9 Å². The molecular formula is C47H57FN4O13. The average Bonchev–Trinajstić information content (AvgIpc) is 4.07. The van der Waals surface area contributed by atoms with Crippen molar-refractivity contribution in [3.8, 4) is 5.75 Å². The molecule has 65 heavy (non-hydrogen) atoms. The Kier molecular flexibility index (Phi) is 12.1. The third-order valence-corrected chi connectivity index (χ3v) is 15.5. The van der Waals surface area contributed by atoms with Crippen molar-refractivity contribution in [1.29, 1.82) is 0 Å². The van der Waals surface area contributed by atoms with Gasteiger partial charge in [0.25, 0.3) is 0 Å². The minimum Gasteiger partial charge on any atom is -0.492 e. The zero-order valence-electron chi connectivity index (χ0n) is 37.0. The van der Waals surface area contributed by atoms with Gasteiger partial charge in [-0.1, -0.05) is 25.5 Å². The van der Waals surface area contributed by atoms with Crippen molar-refractivity contribution in [3.63, 3.8) is 0 Å². The first kappa shape index (κ1) is 46.1. The second-order valence-corrected chi connectivity index (χ2v) is 19.3. The number of carboxylic acid groups (broad SMARTS) is 1. The number of carbonyl (C=O) groups is 6. The van der Waals surface area contributed by atoms with Crippen LogP contribution in [0.5, 0.6) is 5.75 Å². The zero-order valence-corrected chi connectivity index (χ0v) is 37.0. The molecule has 1 saturated heterocycles. The Morgan fingerprint density at radius 3 is 2.40 bits per heavy atom. The third-order valence-electron chi connectivity index (χ3n) is 15.5. The zero-order chi connectivity index (χ0) is 46.9. The van der Waals surface area contributed by atoms with Gasteiger partial charge in [-0.25, -0.2) is 9.18 Å². The highest BCUT2D eigenvalue weighted by molar-refractivity contribution is 6.01. The Labute approximate surface area is 374 Å². The highest BCUT2D eigenvalue weighted by Gasteiger charge is 2.68. The summed E-state index contributed by atoms with van der Waals surface area (Å²) in [7, 11) is 1.34. The molecule has 5 N–H and O–H groups in total. The van der Waals surface area contributed by atoms with E-state index in [-0.39, 0.29) is 84.4 Å². The molecule has 2 heterocycles. The summed E-state index contributed by atoms with van der Waals surface area (Å²) >= 11 is 0. The molecule has 18 heteroatoms. The van der Waals surface area contributed by atoms with E-state index >= 15 is 4.39 Å². The number of fused-ring (bicyclic) bond motifs is 6. The van der Waals surface area contributed by atoms with Crippen LogP contribution in [0.25, 0.3) is 10.9 Å². The fourth-order valence-electron chi connectivity index (χ4n) is 12.1. The summed E-state index contributed by atoms with van der Waals surface area (Å²) in [5.74, 6) is -5.35. The Morgan fingerprint density at radius 1 is 1.03 bits per heavy atom. The molecule has 9 atom stereocenters. The van der Waals surface area contributed by atoms with E-state index in [1.54, 1.807) is 28.5 Å². The number of piperazine rings is 1. The fourth-order valence-corrected chi connectivity index (χ4v) is 12.1. The number of aliphatic hydroxyl groups is 2. The van der Waals surface area contributed by atoms with Crippen molar-refractivity contribution >= 4 is 52.0 Å². The number of ketones is 2. The van der Waals surface area contributed by atoms with E-state index in [0.717, 1.165) is 24.5 Å². The quantitative estimate of drug-likeness (QED) is 0.211. The Morgan fingerprint density at radius 2 is 1.74 bits per heavy atom. The van der Waals surface area contributed by atoms with E-state index in [9.17, 15) is 48.9 Å². The number of aromatic carboxylic acids is 1. The molecule has 4 saturated carbocycles. The molecule has 0 bridgehead atoms. The minimum atomic E-state index is -1.85. The molecule has 2 aromatic rings. The van der Waals surface area contributed by atoms with Crippen LogP contribution >= 0.6 is 0 Å². The second kappa shape index (κ2) is 17.1. The molecule has 5 fully saturated rings. The van der Waals surface area contributed by atoms with E-state index in [2.05, 4.69) is 0 Å². The number of nitrogens with two attached hydrogens (primary N) is 1. The number of carboxylic acids is 1. The maximum atomic E-state index is 15.9. The molecule has 17 nitrogen and oxygen atoms in total. The van der Waals surface area contributed by atoms with Gasteiger partial charge in [0.1, 0.15) is 29.5 Å². The van der Waals surface area contributed by atoms with Gasteiger partial charge in [0.2, 0.25) is 17.1 Å². The summed E-state index contributed by atoms with van der Waals surface area (Å²) in [5.41, 5.74) is 2.91. The maximum absolute atomic E-state index is 15.9. The molecular weight excluding hydrogens is 848 g/mol. The lowest BCUT2D eigenvalue weighted by Crippen LogP contribution is -2.61. The lowest BCUT2D eigenvalue weighted by atomic mass is 9.46. The number of carbonyl (C=O) groups excluding carboxylic acids is 5.